The van der Waals surface area contributed by atoms with Gasteiger partial charge in [-0.2, -0.15) is 4.99 Å². The summed E-state index contributed by atoms with van der Waals surface area (Å²) in [6.07, 6.45) is 1.37. The summed E-state index contributed by atoms with van der Waals surface area (Å²) in [6.45, 7) is 11.7. The van der Waals surface area contributed by atoms with Crippen LogP contribution in [0.4, 0.5) is 10.1 Å². The largest absolute Gasteiger partial charge is 0.278 e. The lowest BCUT2D eigenvalue weighted by Gasteiger charge is -2.20. The van der Waals surface area contributed by atoms with Crippen molar-refractivity contribution in [3.8, 4) is 0 Å². The zero-order valence-electron chi connectivity index (χ0n) is 20.5. The normalized spacial score (nSPS) is 10.1. The maximum Gasteiger partial charge on any atom is 0.252 e. The van der Waals surface area contributed by atoms with Crippen molar-refractivity contribution in [2.75, 3.05) is 6.67 Å². The van der Waals surface area contributed by atoms with Gasteiger partial charge in [0.2, 0.25) is 6.08 Å². The molecule has 2 aromatic carbocycles. The molecular formula is C26H29Cl3FNO4. The second-order valence-corrected chi connectivity index (χ2v) is 9.44. The molecule has 0 N–H and O–H groups in total. The van der Waals surface area contributed by atoms with Crippen LogP contribution in [-0.2, 0) is 9.59 Å². The van der Waals surface area contributed by atoms with Gasteiger partial charge in [-0.05, 0) is 87.4 Å². The van der Waals surface area contributed by atoms with Crippen LogP contribution in [0.2, 0.25) is 0 Å². The number of rotatable bonds is 7. The number of hydrogen-bond donors (Lipinski definition) is 0. The first-order valence-corrected chi connectivity index (χ1v) is 11.9. The Hall–Kier alpha value is -2.37. The van der Waals surface area contributed by atoms with E-state index >= 15 is 0 Å². The van der Waals surface area contributed by atoms with Crippen molar-refractivity contribution in [2.45, 2.75) is 59.3 Å². The van der Waals surface area contributed by atoms with Crippen molar-refractivity contribution in [2.24, 2.45) is 4.99 Å². The fourth-order valence-electron chi connectivity index (χ4n) is 2.93. The maximum absolute atomic E-state index is 11.7. The number of isocyanates is 1. The average Bonchev–Trinajstić information content (AvgIpc) is 2.79. The number of halogens is 4. The molecule has 0 aliphatic heterocycles. The Morgan fingerprint density at radius 2 is 1.34 bits per heavy atom. The first-order valence-electron chi connectivity index (χ1n) is 10.8. The summed E-state index contributed by atoms with van der Waals surface area (Å²) in [5.74, 6) is 1.07. The zero-order chi connectivity index (χ0) is 27.3. The number of benzene rings is 2. The van der Waals surface area contributed by atoms with E-state index < -0.39 is 17.2 Å². The summed E-state index contributed by atoms with van der Waals surface area (Å²) in [4.78, 5) is 44.8. The highest BCUT2D eigenvalue weighted by atomic mass is 35.5. The molecule has 0 saturated heterocycles. The van der Waals surface area contributed by atoms with Crippen LogP contribution in [0.3, 0.4) is 0 Å². The molecule has 2 aromatic rings. The van der Waals surface area contributed by atoms with Crippen LogP contribution < -0.4 is 0 Å². The predicted octanol–water partition coefficient (Wildman–Crippen LogP) is 8.19. The third-order valence-corrected chi connectivity index (χ3v) is 5.19. The first-order chi connectivity index (χ1) is 16.3. The van der Waals surface area contributed by atoms with Crippen LogP contribution in [0.15, 0.2) is 41.4 Å². The summed E-state index contributed by atoms with van der Waals surface area (Å²) in [6, 6.07) is 10.4. The molecule has 0 aliphatic carbocycles. The summed E-state index contributed by atoms with van der Waals surface area (Å²) in [5.41, 5.74) is 4.83. The second-order valence-electron chi connectivity index (χ2n) is 8.33. The van der Waals surface area contributed by atoms with Crippen molar-refractivity contribution in [1.82, 2.24) is 0 Å². The van der Waals surface area contributed by atoms with E-state index in [2.05, 4.69) is 70.3 Å². The lowest BCUT2D eigenvalue weighted by molar-refractivity contribution is -0.112. The Kier molecular flexibility index (Phi) is 15.2. The van der Waals surface area contributed by atoms with Crippen LogP contribution >= 0.6 is 34.8 Å². The standard InChI is InChI=1S/C16H23ClO.C8H4ClNO2.C2H2ClFO/c1-9(2)12-7-13(10(3)4)15(16(17)18)14(8-12)11(5)6;9-8(12)6-2-1-3-7(4-6)10-5-11;3-2(5)1-4/h7-11H,1-6H3;1-4H;1H2. The van der Waals surface area contributed by atoms with Crippen molar-refractivity contribution >= 4 is 62.3 Å². The molecule has 0 amide bonds. The van der Waals surface area contributed by atoms with Crippen LogP contribution in [-0.4, -0.2) is 28.5 Å². The average molecular weight is 545 g/mol. The van der Waals surface area contributed by atoms with Crippen molar-refractivity contribution in [1.29, 1.82) is 0 Å². The van der Waals surface area contributed by atoms with Crippen LogP contribution in [0, 0.1) is 0 Å². The molecular weight excluding hydrogens is 516 g/mol. The molecule has 0 aromatic heterocycles. The molecule has 5 nitrogen and oxygen atoms in total. The Balaban J connectivity index is 0.000000583. The van der Waals surface area contributed by atoms with Gasteiger partial charge in [-0.3, -0.25) is 14.4 Å². The van der Waals surface area contributed by atoms with Gasteiger partial charge in [0.05, 0.1) is 5.69 Å². The van der Waals surface area contributed by atoms with Crippen molar-refractivity contribution in [3.05, 3.63) is 64.2 Å². The quantitative estimate of drug-likeness (QED) is 0.200. The number of carbonyl (C=O) groups excluding carboxylic acids is 4. The fraction of sp³-hybridized carbons (Fsp3) is 0.385. The minimum Gasteiger partial charge on any atom is -0.278 e. The number of carbonyl (C=O) groups is 3. The molecule has 0 heterocycles. The number of nitrogens with zero attached hydrogens (tertiary/aromatic N) is 1. The Morgan fingerprint density at radius 1 is 0.857 bits per heavy atom. The van der Waals surface area contributed by atoms with Gasteiger partial charge < -0.3 is 0 Å². The minimum absolute atomic E-state index is 0.305. The highest BCUT2D eigenvalue weighted by Crippen LogP contribution is 2.32. The van der Waals surface area contributed by atoms with Gasteiger partial charge in [0.25, 0.3) is 15.7 Å². The van der Waals surface area contributed by atoms with E-state index in [0.717, 1.165) is 11.1 Å². The molecule has 0 bridgehead atoms. The topological polar surface area (TPSA) is 80.6 Å². The SMILES string of the molecule is CC(C)c1cc(C(C)C)c(C(=O)Cl)c(C(C)C)c1.O=C(Cl)CF.O=C=Nc1cccc(C(=O)Cl)c1. The summed E-state index contributed by atoms with van der Waals surface area (Å²) in [7, 11) is 0. The van der Waals surface area contributed by atoms with Crippen LogP contribution in [0.25, 0.3) is 0 Å². The monoisotopic (exact) mass is 543 g/mol. The van der Waals surface area contributed by atoms with E-state index in [1.165, 1.54) is 17.7 Å². The van der Waals surface area contributed by atoms with Gasteiger partial charge >= 0.3 is 0 Å². The number of aliphatic imine (C=N–C) groups is 1. The molecule has 0 radical (unpaired) electrons. The van der Waals surface area contributed by atoms with Crippen molar-refractivity contribution < 1.29 is 23.6 Å². The molecule has 35 heavy (non-hydrogen) atoms. The third-order valence-electron chi connectivity index (χ3n) is 4.68. The molecule has 0 saturated carbocycles. The third kappa shape index (κ3) is 11.7. The Bertz CT molecular complexity index is 1030. The van der Waals surface area contributed by atoms with Gasteiger partial charge in [0.15, 0.2) is 6.67 Å². The van der Waals surface area contributed by atoms with Gasteiger partial charge in [-0.15, -0.1) is 0 Å². The highest BCUT2D eigenvalue weighted by molar-refractivity contribution is 6.68. The summed E-state index contributed by atoms with van der Waals surface area (Å²) in [5, 5.41) is -1.85. The van der Waals surface area contributed by atoms with Gasteiger partial charge in [0.1, 0.15) is 0 Å². The summed E-state index contributed by atoms with van der Waals surface area (Å²) >= 11 is 15.4. The predicted molar refractivity (Wildman–Crippen MR) is 140 cm³/mol. The fourth-order valence-corrected chi connectivity index (χ4v) is 3.27. The highest BCUT2D eigenvalue weighted by Gasteiger charge is 2.20. The molecule has 0 atom stereocenters. The molecule has 9 heteroatoms. The van der Waals surface area contributed by atoms with E-state index in [9.17, 15) is 23.6 Å². The molecule has 0 spiro atoms. The smallest absolute Gasteiger partial charge is 0.252 e. The van der Waals surface area contributed by atoms with Crippen LogP contribution in [0.5, 0.6) is 0 Å². The molecule has 2 rings (SSSR count). The van der Waals surface area contributed by atoms with E-state index in [4.69, 9.17) is 23.2 Å². The Morgan fingerprint density at radius 3 is 1.66 bits per heavy atom. The first kappa shape index (κ1) is 32.6. The van der Waals surface area contributed by atoms with E-state index in [0.29, 0.717) is 34.6 Å². The lowest BCUT2D eigenvalue weighted by Crippen LogP contribution is -2.08. The second kappa shape index (κ2) is 16.3. The molecule has 0 aliphatic rings. The molecule has 0 unspecified atom stereocenters. The van der Waals surface area contributed by atoms with Gasteiger partial charge in [0, 0.05) is 11.1 Å². The zero-order valence-corrected chi connectivity index (χ0v) is 22.8. The van der Waals surface area contributed by atoms with E-state index in [1.807, 2.05) is 0 Å². The van der Waals surface area contributed by atoms with Gasteiger partial charge in [-0.1, -0.05) is 59.7 Å². The number of alkyl halides is 1. The lowest BCUT2D eigenvalue weighted by atomic mass is 9.85. The van der Waals surface area contributed by atoms with E-state index in [-0.39, 0.29) is 5.24 Å². The van der Waals surface area contributed by atoms with Gasteiger partial charge in [-0.25, -0.2) is 9.18 Å². The molecule has 190 valence electrons. The van der Waals surface area contributed by atoms with Crippen LogP contribution in [0.1, 0.15) is 96.7 Å². The minimum atomic E-state index is -1.07. The number of hydrogen-bond acceptors (Lipinski definition) is 5. The maximum atomic E-state index is 11.7. The van der Waals surface area contributed by atoms with Crippen molar-refractivity contribution in [3.63, 3.8) is 0 Å². The van der Waals surface area contributed by atoms with E-state index in [1.54, 1.807) is 18.2 Å². The summed E-state index contributed by atoms with van der Waals surface area (Å²) < 4.78 is 10.6. The Labute approximate surface area is 220 Å². The molecule has 0 fully saturated rings.